The van der Waals surface area contributed by atoms with Crippen LogP contribution in [0.25, 0.3) is 0 Å². The summed E-state index contributed by atoms with van der Waals surface area (Å²) in [6.45, 7) is 0.873. The van der Waals surface area contributed by atoms with E-state index in [1.165, 1.54) is 29.1 Å². The summed E-state index contributed by atoms with van der Waals surface area (Å²) < 4.78 is 37.0. The number of morpholine rings is 1. The maximum atomic E-state index is 13.0. The Morgan fingerprint density at radius 3 is 2.72 bits per heavy atom. The highest BCUT2D eigenvalue weighted by atomic mass is 79.9. The predicted octanol–water partition coefficient (Wildman–Crippen LogP) is 2.99. The van der Waals surface area contributed by atoms with Crippen molar-refractivity contribution in [3.8, 4) is 5.75 Å². The van der Waals surface area contributed by atoms with E-state index in [9.17, 15) is 18.4 Å². The number of hydrogen-bond donors (Lipinski definition) is 1. The van der Waals surface area contributed by atoms with E-state index in [1.54, 1.807) is 4.90 Å². The number of carbonyl (C=O) groups excluding carboxylic acids is 2. The van der Waals surface area contributed by atoms with E-state index in [1.807, 2.05) is 6.92 Å². The van der Waals surface area contributed by atoms with Gasteiger partial charge in [-0.3, -0.25) is 14.3 Å². The number of aryl methyl sites for hydroxylation is 1. The van der Waals surface area contributed by atoms with Crippen molar-refractivity contribution < 1.29 is 27.8 Å². The van der Waals surface area contributed by atoms with Gasteiger partial charge in [-0.05, 0) is 25.1 Å². The van der Waals surface area contributed by atoms with Crippen molar-refractivity contribution in [2.24, 2.45) is 0 Å². The molecule has 0 saturated carbocycles. The minimum absolute atomic E-state index is 0.103. The molecule has 0 unspecified atom stereocenters. The lowest BCUT2D eigenvalue weighted by Gasteiger charge is -2.27. The maximum Gasteiger partial charge on any atom is 0.387 e. The fourth-order valence-corrected chi connectivity index (χ4v) is 3.29. The van der Waals surface area contributed by atoms with Gasteiger partial charge in [0.15, 0.2) is 0 Å². The molecule has 8 nitrogen and oxygen atoms in total. The average molecular weight is 473 g/mol. The molecule has 11 heteroatoms. The minimum atomic E-state index is -3.08. The summed E-state index contributed by atoms with van der Waals surface area (Å²) in [5.74, 6) is -1.26. The number of rotatable bonds is 6. The molecular weight excluding hydrogens is 454 g/mol. The fourth-order valence-electron chi connectivity index (χ4n) is 2.93. The summed E-state index contributed by atoms with van der Waals surface area (Å²) in [4.78, 5) is 27.4. The lowest BCUT2D eigenvalue weighted by Crippen LogP contribution is -2.41. The fraction of sp³-hybridized carbons (Fsp3) is 0.389. The van der Waals surface area contributed by atoms with E-state index in [0.29, 0.717) is 37.3 Å². The molecule has 1 aromatic carbocycles. The molecule has 1 aromatic heterocycles. The van der Waals surface area contributed by atoms with Crippen LogP contribution in [0.4, 0.5) is 14.5 Å². The highest BCUT2D eigenvalue weighted by Gasteiger charge is 2.27. The van der Waals surface area contributed by atoms with E-state index >= 15 is 0 Å². The zero-order valence-corrected chi connectivity index (χ0v) is 17.1. The number of hydrogen-bond acceptors (Lipinski definition) is 5. The first-order valence-corrected chi connectivity index (χ1v) is 9.68. The molecule has 0 spiro atoms. The van der Waals surface area contributed by atoms with Crippen molar-refractivity contribution in [3.05, 3.63) is 40.1 Å². The van der Waals surface area contributed by atoms with Crippen LogP contribution in [0.1, 0.15) is 27.8 Å². The highest BCUT2D eigenvalue weighted by Crippen LogP contribution is 2.27. The van der Waals surface area contributed by atoms with Gasteiger partial charge in [0.25, 0.3) is 11.8 Å². The number of carbonyl (C=O) groups is 2. The van der Waals surface area contributed by atoms with E-state index in [-0.39, 0.29) is 28.6 Å². The van der Waals surface area contributed by atoms with Crippen LogP contribution in [0.5, 0.6) is 5.75 Å². The number of benzene rings is 1. The van der Waals surface area contributed by atoms with Gasteiger partial charge in [-0.15, -0.1) is 0 Å². The van der Waals surface area contributed by atoms with Crippen LogP contribution in [0.2, 0.25) is 0 Å². The number of anilines is 1. The zero-order chi connectivity index (χ0) is 21.0. The number of alkyl halides is 2. The van der Waals surface area contributed by atoms with Gasteiger partial charge < -0.3 is 19.7 Å². The third-order valence-corrected chi connectivity index (χ3v) is 4.78. The van der Waals surface area contributed by atoms with Crippen LogP contribution in [0.15, 0.2) is 28.9 Å². The molecule has 0 radical (unpaired) electrons. The standard InChI is InChI=1S/C18H19BrF2N4O4/c1-2-25-15(17(27)24-5-7-28-8-6-24)13(10-22-25)23-16(26)12-9-11(19)3-4-14(12)29-18(20)21/h3-4,9-10,18H,2,5-8H2,1H3,(H,23,26). The molecular formula is C18H19BrF2N4O4. The summed E-state index contributed by atoms with van der Waals surface area (Å²) >= 11 is 3.21. The third-order valence-electron chi connectivity index (χ3n) is 4.29. The first kappa shape index (κ1) is 21.2. The molecule has 1 saturated heterocycles. The maximum absolute atomic E-state index is 13.0. The smallest absolute Gasteiger partial charge is 0.387 e. The molecule has 0 bridgehead atoms. The average Bonchev–Trinajstić information content (AvgIpc) is 3.11. The second-order valence-corrected chi connectivity index (χ2v) is 7.02. The Morgan fingerprint density at radius 2 is 2.07 bits per heavy atom. The SMILES string of the molecule is CCn1ncc(NC(=O)c2cc(Br)ccc2OC(F)F)c1C(=O)N1CCOCC1. The third kappa shape index (κ3) is 4.91. The topological polar surface area (TPSA) is 85.7 Å². The summed E-state index contributed by atoms with van der Waals surface area (Å²) in [5.41, 5.74) is 0.305. The highest BCUT2D eigenvalue weighted by molar-refractivity contribution is 9.10. The summed E-state index contributed by atoms with van der Waals surface area (Å²) in [7, 11) is 0. The molecule has 1 N–H and O–H groups in total. The molecule has 156 valence electrons. The van der Waals surface area contributed by atoms with Gasteiger partial charge in [0.1, 0.15) is 11.4 Å². The number of nitrogens with zero attached hydrogens (tertiary/aromatic N) is 3. The number of ether oxygens (including phenoxy) is 2. The van der Waals surface area contributed by atoms with E-state index in [4.69, 9.17) is 4.74 Å². The van der Waals surface area contributed by atoms with Crippen LogP contribution in [0, 0.1) is 0 Å². The van der Waals surface area contributed by atoms with Gasteiger partial charge in [0.2, 0.25) is 0 Å². The van der Waals surface area contributed by atoms with Gasteiger partial charge in [-0.25, -0.2) is 0 Å². The number of amides is 2. The Labute approximate surface area is 173 Å². The van der Waals surface area contributed by atoms with Crippen LogP contribution in [0.3, 0.4) is 0 Å². The molecule has 0 aliphatic carbocycles. The van der Waals surface area contributed by atoms with Gasteiger partial charge in [-0.1, -0.05) is 15.9 Å². The Morgan fingerprint density at radius 1 is 1.34 bits per heavy atom. The van der Waals surface area contributed by atoms with Crippen molar-refractivity contribution >= 4 is 33.4 Å². The van der Waals surface area contributed by atoms with Crippen LogP contribution in [-0.2, 0) is 11.3 Å². The largest absolute Gasteiger partial charge is 0.434 e. The molecule has 1 aliphatic heterocycles. The Kier molecular flexibility index (Phi) is 6.80. The summed E-state index contributed by atoms with van der Waals surface area (Å²) in [6, 6.07) is 4.11. The lowest BCUT2D eigenvalue weighted by atomic mass is 10.2. The molecule has 3 rings (SSSR count). The van der Waals surface area contributed by atoms with Gasteiger partial charge in [0.05, 0.1) is 30.7 Å². The summed E-state index contributed by atoms with van der Waals surface area (Å²) in [6.07, 6.45) is 1.36. The quantitative estimate of drug-likeness (QED) is 0.698. The Balaban J connectivity index is 1.89. The van der Waals surface area contributed by atoms with Crippen LogP contribution >= 0.6 is 15.9 Å². The van der Waals surface area contributed by atoms with Crippen LogP contribution < -0.4 is 10.1 Å². The Bertz CT molecular complexity index is 900. The van der Waals surface area contributed by atoms with Crippen molar-refractivity contribution in [1.82, 2.24) is 14.7 Å². The molecule has 2 heterocycles. The molecule has 2 amide bonds. The van der Waals surface area contributed by atoms with Crippen molar-refractivity contribution in [2.75, 3.05) is 31.6 Å². The van der Waals surface area contributed by atoms with E-state index < -0.39 is 12.5 Å². The van der Waals surface area contributed by atoms with Gasteiger partial charge >= 0.3 is 6.61 Å². The van der Waals surface area contributed by atoms with Crippen molar-refractivity contribution in [1.29, 1.82) is 0 Å². The second kappa shape index (κ2) is 9.31. The molecule has 2 aromatic rings. The first-order chi connectivity index (χ1) is 13.9. The molecule has 0 atom stereocenters. The predicted molar refractivity (Wildman–Crippen MR) is 103 cm³/mol. The first-order valence-electron chi connectivity index (χ1n) is 8.89. The molecule has 1 aliphatic rings. The van der Waals surface area contributed by atoms with Crippen molar-refractivity contribution in [2.45, 2.75) is 20.1 Å². The van der Waals surface area contributed by atoms with E-state index in [2.05, 4.69) is 31.1 Å². The molecule has 1 fully saturated rings. The minimum Gasteiger partial charge on any atom is -0.434 e. The van der Waals surface area contributed by atoms with Gasteiger partial charge in [-0.2, -0.15) is 13.9 Å². The normalized spacial score (nSPS) is 14.2. The molecule has 29 heavy (non-hydrogen) atoms. The number of halogens is 3. The summed E-state index contributed by atoms with van der Waals surface area (Å²) in [5, 5.41) is 6.74. The zero-order valence-electron chi connectivity index (χ0n) is 15.5. The second-order valence-electron chi connectivity index (χ2n) is 6.10. The van der Waals surface area contributed by atoms with Gasteiger partial charge in [0, 0.05) is 24.1 Å². The lowest BCUT2D eigenvalue weighted by molar-refractivity contribution is -0.0501. The monoisotopic (exact) mass is 472 g/mol. The number of aromatic nitrogens is 2. The van der Waals surface area contributed by atoms with Crippen molar-refractivity contribution in [3.63, 3.8) is 0 Å². The number of nitrogens with one attached hydrogen (secondary N) is 1. The van der Waals surface area contributed by atoms with E-state index in [0.717, 1.165) is 0 Å². The van der Waals surface area contributed by atoms with Crippen LogP contribution in [-0.4, -0.2) is 59.4 Å². The Hall–Kier alpha value is -2.53.